The SMILES string of the molecule is CCOC(=O)CN1C(=O)C(=Nc2sc3c(c2C(=O)Nc2ccc(Cl)cc2)CC[C@@H](C(C)(C)C)C3)c2ccccc21. The summed E-state index contributed by atoms with van der Waals surface area (Å²) >= 11 is 7.51. The molecule has 208 valence electrons. The van der Waals surface area contributed by atoms with Gasteiger partial charge >= 0.3 is 5.97 Å². The van der Waals surface area contributed by atoms with Crippen molar-refractivity contribution in [1.29, 1.82) is 0 Å². The molecule has 2 aromatic carbocycles. The minimum Gasteiger partial charge on any atom is -0.465 e. The number of anilines is 2. The van der Waals surface area contributed by atoms with Crippen LogP contribution in [0.25, 0.3) is 0 Å². The van der Waals surface area contributed by atoms with E-state index in [1.54, 1.807) is 37.3 Å². The number of aliphatic imine (C=N–C) groups is 1. The third kappa shape index (κ3) is 5.56. The summed E-state index contributed by atoms with van der Waals surface area (Å²) in [6, 6.07) is 14.2. The first-order chi connectivity index (χ1) is 19.1. The first kappa shape index (κ1) is 28.1. The molecule has 2 amide bonds. The maximum absolute atomic E-state index is 13.8. The zero-order chi connectivity index (χ0) is 28.6. The number of thiophene rings is 1. The Morgan fingerprint density at radius 1 is 1.15 bits per heavy atom. The smallest absolute Gasteiger partial charge is 0.326 e. The van der Waals surface area contributed by atoms with E-state index in [1.807, 2.05) is 18.2 Å². The van der Waals surface area contributed by atoms with Gasteiger partial charge in [-0.05, 0) is 73.4 Å². The Morgan fingerprint density at radius 2 is 1.88 bits per heavy atom. The van der Waals surface area contributed by atoms with E-state index in [-0.39, 0.29) is 30.2 Å². The van der Waals surface area contributed by atoms with Gasteiger partial charge in [-0.25, -0.2) is 4.99 Å². The molecule has 9 heteroatoms. The summed E-state index contributed by atoms with van der Waals surface area (Å²) in [5.41, 5.74) is 3.70. The van der Waals surface area contributed by atoms with E-state index in [0.29, 0.717) is 38.4 Å². The van der Waals surface area contributed by atoms with Crippen LogP contribution >= 0.6 is 22.9 Å². The van der Waals surface area contributed by atoms with Gasteiger partial charge in [0.05, 0.1) is 17.9 Å². The molecule has 1 N–H and O–H groups in total. The predicted octanol–water partition coefficient (Wildman–Crippen LogP) is 6.84. The molecule has 3 aromatic rings. The predicted molar refractivity (Wildman–Crippen MR) is 160 cm³/mol. The zero-order valence-electron chi connectivity index (χ0n) is 23.0. The van der Waals surface area contributed by atoms with E-state index in [1.165, 1.54) is 16.2 Å². The molecule has 1 aliphatic carbocycles. The Labute approximate surface area is 243 Å². The lowest BCUT2D eigenvalue weighted by Gasteiger charge is -2.33. The highest BCUT2D eigenvalue weighted by atomic mass is 35.5. The van der Waals surface area contributed by atoms with E-state index in [2.05, 4.69) is 26.1 Å². The van der Waals surface area contributed by atoms with Gasteiger partial charge in [0.1, 0.15) is 17.3 Å². The number of hydrogen-bond acceptors (Lipinski definition) is 6. The van der Waals surface area contributed by atoms with Crippen molar-refractivity contribution in [1.82, 2.24) is 0 Å². The van der Waals surface area contributed by atoms with Gasteiger partial charge in [0.2, 0.25) is 0 Å². The van der Waals surface area contributed by atoms with Crippen molar-refractivity contribution in [2.45, 2.75) is 47.0 Å². The monoisotopic (exact) mass is 577 g/mol. The third-order valence-electron chi connectivity index (χ3n) is 7.50. The highest BCUT2D eigenvalue weighted by molar-refractivity contribution is 7.16. The number of nitrogens with one attached hydrogen (secondary N) is 1. The van der Waals surface area contributed by atoms with E-state index in [4.69, 9.17) is 21.3 Å². The highest BCUT2D eigenvalue weighted by Crippen LogP contribution is 2.46. The number of amides is 2. The number of rotatable bonds is 6. The van der Waals surface area contributed by atoms with Gasteiger partial charge < -0.3 is 10.1 Å². The minimum atomic E-state index is -0.491. The summed E-state index contributed by atoms with van der Waals surface area (Å²) in [5, 5.41) is 4.07. The third-order valence-corrected chi connectivity index (χ3v) is 8.90. The second kappa shape index (κ2) is 11.2. The van der Waals surface area contributed by atoms with Crippen molar-refractivity contribution < 1.29 is 19.1 Å². The number of benzene rings is 2. The van der Waals surface area contributed by atoms with Crippen molar-refractivity contribution in [2.24, 2.45) is 16.3 Å². The molecular formula is C31H32ClN3O4S. The lowest BCUT2D eigenvalue weighted by atomic mass is 9.72. The molecule has 2 heterocycles. The fourth-order valence-corrected chi connectivity index (χ4v) is 6.74. The van der Waals surface area contributed by atoms with Crippen LogP contribution in [0.5, 0.6) is 0 Å². The number of halogens is 1. The molecule has 1 aromatic heterocycles. The van der Waals surface area contributed by atoms with Crippen LogP contribution in [0.3, 0.4) is 0 Å². The molecule has 1 atom stereocenters. The average molecular weight is 578 g/mol. The van der Waals surface area contributed by atoms with Crippen LogP contribution in [0.4, 0.5) is 16.4 Å². The van der Waals surface area contributed by atoms with Gasteiger partial charge in [-0.15, -0.1) is 11.3 Å². The van der Waals surface area contributed by atoms with Crippen molar-refractivity contribution in [3.63, 3.8) is 0 Å². The maximum atomic E-state index is 13.8. The van der Waals surface area contributed by atoms with E-state index in [9.17, 15) is 14.4 Å². The molecule has 5 rings (SSSR count). The minimum absolute atomic E-state index is 0.132. The molecule has 0 saturated heterocycles. The molecule has 7 nitrogen and oxygen atoms in total. The largest absolute Gasteiger partial charge is 0.465 e. The summed E-state index contributed by atoms with van der Waals surface area (Å²) in [6.45, 7) is 8.49. The van der Waals surface area contributed by atoms with Crippen LogP contribution in [0.2, 0.25) is 5.02 Å². The Kier molecular flexibility index (Phi) is 7.84. The summed E-state index contributed by atoms with van der Waals surface area (Å²) in [5.74, 6) is -0.678. The molecule has 0 unspecified atom stereocenters. The van der Waals surface area contributed by atoms with Crippen LogP contribution in [0.15, 0.2) is 53.5 Å². The molecule has 0 fully saturated rings. The second-order valence-corrected chi connectivity index (χ2v) is 12.6. The quantitative estimate of drug-likeness (QED) is 0.325. The Hall–Kier alpha value is -3.49. The molecule has 0 spiro atoms. The number of fused-ring (bicyclic) bond motifs is 2. The van der Waals surface area contributed by atoms with Crippen LogP contribution in [0.1, 0.15) is 60.5 Å². The van der Waals surface area contributed by atoms with Crippen LogP contribution in [-0.2, 0) is 27.2 Å². The zero-order valence-corrected chi connectivity index (χ0v) is 24.6. The van der Waals surface area contributed by atoms with Crippen LogP contribution in [0, 0.1) is 11.3 Å². The van der Waals surface area contributed by atoms with Crippen molar-refractivity contribution in [3.05, 3.63) is 75.1 Å². The van der Waals surface area contributed by atoms with Gasteiger partial charge in [0, 0.05) is 21.2 Å². The van der Waals surface area contributed by atoms with Gasteiger partial charge in [-0.1, -0.05) is 50.6 Å². The summed E-state index contributed by atoms with van der Waals surface area (Å²) in [4.78, 5) is 47.0. The maximum Gasteiger partial charge on any atom is 0.326 e. The number of hydrogen-bond donors (Lipinski definition) is 1. The van der Waals surface area contributed by atoms with Gasteiger partial charge in [0.15, 0.2) is 0 Å². The fraction of sp³-hybridized carbons (Fsp3) is 0.355. The molecule has 0 radical (unpaired) electrons. The molecule has 0 saturated carbocycles. The van der Waals surface area contributed by atoms with Gasteiger partial charge in [0.25, 0.3) is 11.8 Å². The van der Waals surface area contributed by atoms with E-state index < -0.39 is 11.9 Å². The first-order valence-corrected chi connectivity index (χ1v) is 14.6. The number of ether oxygens (including phenoxy) is 1. The van der Waals surface area contributed by atoms with E-state index in [0.717, 1.165) is 29.7 Å². The van der Waals surface area contributed by atoms with Gasteiger partial charge in [-0.3, -0.25) is 19.3 Å². The summed E-state index contributed by atoms with van der Waals surface area (Å²) in [7, 11) is 0. The Morgan fingerprint density at radius 3 is 2.58 bits per heavy atom. The topological polar surface area (TPSA) is 88.1 Å². The van der Waals surface area contributed by atoms with E-state index >= 15 is 0 Å². The molecule has 1 aliphatic heterocycles. The summed E-state index contributed by atoms with van der Waals surface area (Å²) < 4.78 is 5.10. The molecule has 2 aliphatic rings. The first-order valence-electron chi connectivity index (χ1n) is 13.4. The Bertz CT molecular complexity index is 1500. The molecular weight excluding hydrogens is 546 g/mol. The lowest BCUT2D eigenvalue weighted by Crippen LogP contribution is -2.35. The van der Waals surface area contributed by atoms with Crippen LogP contribution < -0.4 is 10.2 Å². The second-order valence-electron chi connectivity index (χ2n) is 11.1. The standard InChI is InChI=1S/C31H32ClN3O4S/c1-5-39-25(36)17-35-23-9-7-6-8-21(23)27(30(35)38)34-29-26(28(37)33-20-13-11-19(32)12-14-20)22-15-10-18(31(2,3)4)16-24(22)40-29/h6-9,11-14,18H,5,10,15-17H2,1-4H3,(H,33,37)/t18-/m1/s1. The normalized spacial score (nSPS) is 17.5. The van der Waals surface area contributed by atoms with Crippen molar-refractivity contribution in [2.75, 3.05) is 23.4 Å². The number of carbonyl (C=O) groups excluding carboxylic acids is 3. The summed E-state index contributed by atoms with van der Waals surface area (Å²) in [6.07, 6.45) is 2.59. The number of nitrogens with zero attached hydrogens (tertiary/aromatic N) is 2. The van der Waals surface area contributed by atoms with Crippen LogP contribution in [-0.4, -0.2) is 36.6 Å². The van der Waals surface area contributed by atoms with Crippen molar-refractivity contribution in [3.8, 4) is 0 Å². The number of esters is 1. The lowest BCUT2D eigenvalue weighted by molar-refractivity contribution is -0.142. The Balaban J connectivity index is 1.58. The molecule has 40 heavy (non-hydrogen) atoms. The molecule has 0 bridgehead atoms. The average Bonchev–Trinajstić information content (AvgIpc) is 3.40. The number of carbonyl (C=O) groups is 3. The highest BCUT2D eigenvalue weighted by Gasteiger charge is 2.37. The van der Waals surface area contributed by atoms with Gasteiger partial charge in [-0.2, -0.15) is 0 Å². The number of para-hydroxylation sites is 1. The van der Waals surface area contributed by atoms with Crippen molar-refractivity contribution >= 4 is 62.8 Å². The fourth-order valence-electron chi connectivity index (χ4n) is 5.31.